The van der Waals surface area contributed by atoms with E-state index in [1.165, 1.54) is 12.1 Å². The molecule has 3 N–H and O–H groups in total. The summed E-state index contributed by atoms with van der Waals surface area (Å²) < 4.78 is 28.9. The lowest BCUT2D eigenvalue weighted by atomic mass is 10.1. The Balaban J connectivity index is 0.00000625. The third kappa shape index (κ3) is 11.1. The van der Waals surface area contributed by atoms with Crippen LogP contribution in [0.4, 0.5) is 8.78 Å². The van der Waals surface area contributed by atoms with Gasteiger partial charge in [0.2, 0.25) is 5.91 Å². The van der Waals surface area contributed by atoms with E-state index in [2.05, 4.69) is 25.7 Å². The second-order valence-corrected chi connectivity index (χ2v) is 6.37. The summed E-state index contributed by atoms with van der Waals surface area (Å²) in [6.07, 6.45) is 0. The number of carbonyl (C=O) groups is 1. The fraction of sp³-hybridized carbons (Fsp3) is 0.529. The zero-order valence-corrected chi connectivity index (χ0v) is 17.8. The number of guanidine groups is 1. The van der Waals surface area contributed by atoms with E-state index >= 15 is 0 Å². The molecule has 0 saturated carbocycles. The predicted molar refractivity (Wildman–Crippen MR) is 109 cm³/mol. The molecule has 0 aliphatic heterocycles. The number of carbonyl (C=O) groups excluding carboxylic acids is 1. The van der Waals surface area contributed by atoms with Crippen molar-refractivity contribution < 1.29 is 18.3 Å². The zero-order chi connectivity index (χ0) is 18.9. The quantitative estimate of drug-likeness (QED) is 0.316. The van der Waals surface area contributed by atoms with Crippen molar-refractivity contribution in [2.45, 2.75) is 46.4 Å². The lowest BCUT2D eigenvalue weighted by Gasteiger charge is -2.21. The molecule has 1 aromatic rings. The van der Waals surface area contributed by atoms with Crippen LogP contribution in [0.5, 0.6) is 5.75 Å². The number of rotatable bonds is 7. The number of amides is 1. The minimum absolute atomic E-state index is 0. The Morgan fingerprint density at radius 3 is 2.54 bits per heavy atom. The van der Waals surface area contributed by atoms with E-state index in [-0.39, 0.29) is 54.3 Å². The van der Waals surface area contributed by atoms with Gasteiger partial charge in [-0.2, -0.15) is 8.78 Å². The molecule has 0 bridgehead atoms. The molecule has 0 heterocycles. The van der Waals surface area contributed by atoms with Crippen LogP contribution in [0, 0.1) is 0 Å². The summed E-state index contributed by atoms with van der Waals surface area (Å²) in [5, 5.41) is 8.81. The molecule has 26 heavy (non-hydrogen) atoms. The molecule has 0 aromatic heterocycles. The number of aliphatic imine (C=N–C) groups is 1. The summed E-state index contributed by atoms with van der Waals surface area (Å²) in [6.45, 7) is 5.72. The number of hydrogen-bond donors (Lipinski definition) is 3. The third-order valence-electron chi connectivity index (χ3n) is 2.82. The molecule has 9 heteroatoms. The fourth-order valence-corrected chi connectivity index (χ4v) is 1.96. The van der Waals surface area contributed by atoms with Gasteiger partial charge in [-0.3, -0.25) is 4.79 Å². The summed E-state index contributed by atoms with van der Waals surface area (Å²) in [5.41, 5.74) is 0.411. The van der Waals surface area contributed by atoms with E-state index in [9.17, 15) is 13.6 Å². The predicted octanol–water partition coefficient (Wildman–Crippen LogP) is 2.88. The van der Waals surface area contributed by atoms with Crippen LogP contribution in [-0.4, -0.2) is 37.1 Å². The van der Waals surface area contributed by atoms with Gasteiger partial charge < -0.3 is 20.7 Å². The van der Waals surface area contributed by atoms with Gasteiger partial charge in [-0.15, -0.1) is 24.0 Å². The summed E-state index contributed by atoms with van der Waals surface area (Å²) in [6, 6.07) is 6.35. The number of benzene rings is 1. The van der Waals surface area contributed by atoms with Crippen LogP contribution >= 0.6 is 24.0 Å². The van der Waals surface area contributed by atoms with Gasteiger partial charge >= 0.3 is 6.61 Å². The maximum absolute atomic E-state index is 12.3. The molecule has 148 valence electrons. The molecule has 0 aliphatic rings. The van der Waals surface area contributed by atoms with Gasteiger partial charge in [0.05, 0.1) is 13.1 Å². The SMILES string of the molecule is CCNC(=NCc1cccc(OC(F)F)c1)NCC(=O)NC(C)(C)C.I. The van der Waals surface area contributed by atoms with Crippen LogP contribution in [0.2, 0.25) is 0 Å². The van der Waals surface area contributed by atoms with Crippen LogP contribution in [-0.2, 0) is 11.3 Å². The van der Waals surface area contributed by atoms with E-state index in [4.69, 9.17) is 0 Å². The number of alkyl halides is 2. The Labute approximate surface area is 170 Å². The third-order valence-corrected chi connectivity index (χ3v) is 2.82. The van der Waals surface area contributed by atoms with Crippen molar-refractivity contribution in [3.63, 3.8) is 0 Å². The molecule has 1 rings (SSSR count). The van der Waals surface area contributed by atoms with E-state index in [0.717, 1.165) is 5.56 Å². The highest BCUT2D eigenvalue weighted by molar-refractivity contribution is 14.0. The Kier molecular flexibility index (Phi) is 11.1. The van der Waals surface area contributed by atoms with Crippen molar-refractivity contribution in [3.8, 4) is 5.75 Å². The van der Waals surface area contributed by atoms with Crippen molar-refractivity contribution in [2.75, 3.05) is 13.1 Å². The molecule has 0 saturated heterocycles. The number of nitrogens with zero attached hydrogens (tertiary/aromatic N) is 1. The van der Waals surface area contributed by atoms with E-state index in [1.54, 1.807) is 12.1 Å². The highest BCUT2D eigenvalue weighted by atomic mass is 127. The van der Waals surface area contributed by atoms with Crippen LogP contribution in [0.15, 0.2) is 29.3 Å². The van der Waals surface area contributed by atoms with Gasteiger partial charge in [-0.05, 0) is 45.4 Å². The maximum atomic E-state index is 12.3. The molecule has 0 fully saturated rings. The van der Waals surface area contributed by atoms with Gasteiger partial charge in [0.25, 0.3) is 0 Å². The van der Waals surface area contributed by atoms with Crippen molar-refractivity contribution in [1.29, 1.82) is 0 Å². The van der Waals surface area contributed by atoms with Crippen molar-refractivity contribution in [3.05, 3.63) is 29.8 Å². The Morgan fingerprint density at radius 2 is 1.96 bits per heavy atom. The summed E-state index contributed by atoms with van der Waals surface area (Å²) >= 11 is 0. The molecule has 1 aromatic carbocycles. The molecule has 0 unspecified atom stereocenters. The normalized spacial score (nSPS) is 11.6. The molecule has 0 radical (unpaired) electrons. The first-order chi connectivity index (χ1) is 11.7. The summed E-state index contributed by atoms with van der Waals surface area (Å²) in [7, 11) is 0. The van der Waals surface area contributed by atoms with Gasteiger partial charge in [-0.1, -0.05) is 12.1 Å². The largest absolute Gasteiger partial charge is 0.435 e. The topological polar surface area (TPSA) is 74.8 Å². The van der Waals surface area contributed by atoms with Gasteiger partial charge in [0.15, 0.2) is 5.96 Å². The highest BCUT2D eigenvalue weighted by Gasteiger charge is 2.13. The second kappa shape index (κ2) is 11.9. The van der Waals surface area contributed by atoms with Gasteiger partial charge in [0.1, 0.15) is 5.75 Å². The first-order valence-corrected chi connectivity index (χ1v) is 8.06. The van der Waals surface area contributed by atoms with Crippen LogP contribution < -0.4 is 20.7 Å². The second-order valence-electron chi connectivity index (χ2n) is 6.37. The van der Waals surface area contributed by atoms with Crippen molar-refractivity contribution in [1.82, 2.24) is 16.0 Å². The molecule has 0 spiro atoms. The maximum Gasteiger partial charge on any atom is 0.387 e. The van der Waals surface area contributed by atoms with Crippen LogP contribution in [0.1, 0.15) is 33.3 Å². The van der Waals surface area contributed by atoms with E-state index in [1.807, 2.05) is 27.7 Å². The monoisotopic (exact) mass is 484 g/mol. The summed E-state index contributed by atoms with van der Waals surface area (Å²) in [4.78, 5) is 16.2. The van der Waals surface area contributed by atoms with E-state index < -0.39 is 6.61 Å². The minimum atomic E-state index is -2.86. The Morgan fingerprint density at radius 1 is 1.27 bits per heavy atom. The lowest BCUT2D eigenvalue weighted by molar-refractivity contribution is -0.121. The fourth-order valence-electron chi connectivity index (χ4n) is 1.96. The lowest BCUT2D eigenvalue weighted by Crippen LogP contribution is -2.48. The molecule has 0 aliphatic carbocycles. The Hall–Kier alpha value is -1.65. The summed E-state index contributed by atoms with van der Waals surface area (Å²) in [5.74, 6) is 0.405. The number of halogens is 3. The highest BCUT2D eigenvalue weighted by Crippen LogP contribution is 2.16. The molecular formula is C17H27F2IN4O2. The van der Waals surface area contributed by atoms with Crippen molar-refractivity contribution >= 4 is 35.8 Å². The number of ether oxygens (including phenoxy) is 1. The van der Waals surface area contributed by atoms with Gasteiger partial charge in [0, 0.05) is 12.1 Å². The standard InChI is InChI=1S/C17H26F2N4O2.HI/c1-5-20-16(22-11-14(24)23-17(2,3)4)21-10-12-7-6-8-13(9-12)25-15(18)19;/h6-9,15H,5,10-11H2,1-4H3,(H,23,24)(H2,20,21,22);1H. The average molecular weight is 484 g/mol. The molecular weight excluding hydrogens is 457 g/mol. The van der Waals surface area contributed by atoms with Crippen LogP contribution in [0.25, 0.3) is 0 Å². The van der Waals surface area contributed by atoms with Crippen molar-refractivity contribution in [2.24, 2.45) is 4.99 Å². The first-order valence-electron chi connectivity index (χ1n) is 8.06. The average Bonchev–Trinajstić information content (AvgIpc) is 2.48. The zero-order valence-electron chi connectivity index (χ0n) is 15.4. The molecule has 6 nitrogen and oxygen atoms in total. The number of nitrogens with one attached hydrogen (secondary N) is 3. The van der Waals surface area contributed by atoms with E-state index in [0.29, 0.717) is 12.5 Å². The molecule has 0 atom stereocenters. The Bertz CT molecular complexity index is 592. The first kappa shape index (κ1) is 24.3. The minimum Gasteiger partial charge on any atom is -0.435 e. The molecule has 1 amide bonds. The smallest absolute Gasteiger partial charge is 0.387 e. The van der Waals surface area contributed by atoms with Crippen LogP contribution in [0.3, 0.4) is 0 Å². The van der Waals surface area contributed by atoms with Gasteiger partial charge in [-0.25, -0.2) is 4.99 Å². The number of hydrogen-bond acceptors (Lipinski definition) is 3.